The quantitative estimate of drug-likeness (QED) is 0.162. The number of likely N-dealkylation sites (tertiary alicyclic amines) is 1. The number of alkyl halides is 3. The maximum atomic E-state index is 13.6. The van der Waals surface area contributed by atoms with Gasteiger partial charge in [-0.2, -0.15) is 13.2 Å². The summed E-state index contributed by atoms with van der Waals surface area (Å²) in [4.78, 5) is 30.2. The van der Waals surface area contributed by atoms with Gasteiger partial charge in [0, 0.05) is 29.0 Å². The minimum absolute atomic E-state index is 0.0446. The molecule has 8 heteroatoms. The molecule has 1 N–H and O–H groups in total. The van der Waals surface area contributed by atoms with Gasteiger partial charge in [0.15, 0.2) is 5.78 Å². The molecule has 5 rings (SSSR count). The van der Waals surface area contributed by atoms with Crippen molar-refractivity contribution >= 4 is 23.0 Å². The second-order valence-corrected chi connectivity index (χ2v) is 12.5. The number of benzene rings is 3. The average molecular weight is 620 g/mol. The molecule has 3 aromatic carbocycles. The molecular formula is C36H36F3NO3S. The van der Waals surface area contributed by atoms with Gasteiger partial charge in [0.25, 0.3) is 5.91 Å². The molecule has 230 valence electrons. The highest BCUT2D eigenvalue weighted by Crippen LogP contribution is 2.36. The van der Waals surface area contributed by atoms with E-state index < -0.39 is 23.8 Å². The van der Waals surface area contributed by atoms with Crippen LogP contribution in [0.4, 0.5) is 13.2 Å². The lowest BCUT2D eigenvalue weighted by Crippen LogP contribution is -2.30. The fraction of sp³-hybridized carbons (Fsp3) is 0.333. The molecule has 0 aliphatic carbocycles. The van der Waals surface area contributed by atoms with Gasteiger partial charge in [0.05, 0.1) is 17.7 Å². The summed E-state index contributed by atoms with van der Waals surface area (Å²) in [5.41, 5.74) is 1.76. The Balaban J connectivity index is 1.26. The first-order chi connectivity index (χ1) is 21.2. The normalized spacial score (nSPS) is 16.5. The molecule has 1 aromatic heterocycles. The van der Waals surface area contributed by atoms with Gasteiger partial charge in [0.1, 0.15) is 0 Å². The van der Waals surface area contributed by atoms with Gasteiger partial charge in [-0.25, -0.2) is 0 Å². The lowest BCUT2D eigenvalue weighted by atomic mass is 9.85. The fourth-order valence-electron chi connectivity index (χ4n) is 6.05. The van der Waals surface area contributed by atoms with E-state index in [1.807, 2.05) is 46.7 Å². The summed E-state index contributed by atoms with van der Waals surface area (Å²) in [5.74, 6) is -0.646. The second kappa shape index (κ2) is 14.4. The zero-order valence-electron chi connectivity index (χ0n) is 24.4. The van der Waals surface area contributed by atoms with E-state index in [2.05, 4.69) is 6.07 Å². The summed E-state index contributed by atoms with van der Waals surface area (Å²) in [6.45, 7) is 0.672. The number of nitrogens with zero attached hydrogens (tertiary/aromatic N) is 1. The second-order valence-electron chi connectivity index (χ2n) is 11.5. The van der Waals surface area contributed by atoms with Crippen molar-refractivity contribution in [3.63, 3.8) is 0 Å². The standard InChI is InChI=1S/C36H36F3NO3S/c37-36(38,39)30-15-4-11-26(22-30)12-5-17-32(41)29(21-25-9-2-1-3-10-25)24-33(42)27-13-6-14-28(23-27)35(43)40-19-7-16-31(40)34-18-8-20-44-34/h1-4,6,8-11,13-15,18,20,22-23,29,31-32,41H,5,7,12,16-17,19,21,24H2/t29-,31?,32-/m1/s1. The Morgan fingerprint density at radius 2 is 1.66 bits per heavy atom. The predicted molar refractivity (Wildman–Crippen MR) is 167 cm³/mol. The van der Waals surface area contributed by atoms with Crippen molar-refractivity contribution < 1.29 is 27.9 Å². The van der Waals surface area contributed by atoms with Crippen molar-refractivity contribution in [1.29, 1.82) is 0 Å². The number of Topliss-reactive ketones (excluding diaryl/α,β-unsaturated/α-hetero) is 1. The van der Waals surface area contributed by atoms with Crippen LogP contribution in [-0.4, -0.2) is 34.3 Å². The van der Waals surface area contributed by atoms with Gasteiger partial charge in [-0.1, -0.05) is 66.7 Å². The van der Waals surface area contributed by atoms with Crippen molar-refractivity contribution in [2.75, 3.05) is 6.54 Å². The number of halogens is 3. The van der Waals surface area contributed by atoms with Crippen molar-refractivity contribution in [3.8, 4) is 0 Å². The predicted octanol–water partition coefficient (Wildman–Crippen LogP) is 8.56. The lowest BCUT2D eigenvalue weighted by molar-refractivity contribution is -0.137. The molecule has 2 heterocycles. The minimum Gasteiger partial charge on any atom is -0.393 e. The molecule has 0 bridgehead atoms. The van der Waals surface area contributed by atoms with Crippen LogP contribution in [0.2, 0.25) is 0 Å². The zero-order valence-corrected chi connectivity index (χ0v) is 25.2. The number of hydrogen-bond donors (Lipinski definition) is 1. The van der Waals surface area contributed by atoms with Gasteiger partial charge < -0.3 is 10.0 Å². The number of rotatable bonds is 12. The Kier molecular flexibility index (Phi) is 10.3. The van der Waals surface area contributed by atoms with Crippen LogP contribution in [0.25, 0.3) is 0 Å². The third-order valence-corrected chi connectivity index (χ3v) is 9.34. The van der Waals surface area contributed by atoms with Crippen LogP contribution in [-0.2, 0) is 19.0 Å². The summed E-state index contributed by atoms with van der Waals surface area (Å²) >= 11 is 1.64. The third kappa shape index (κ3) is 8.04. The van der Waals surface area contributed by atoms with Crippen molar-refractivity contribution in [2.24, 2.45) is 5.92 Å². The first-order valence-corrected chi connectivity index (χ1v) is 15.9. The topological polar surface area (TPSA) is 57.6 Å². The first-order valence-electron chi connectivity index (χ1n) is 15.0. The van der Waals surface area contributed by atoms with E-state index in [0.717, 1.165) is 35.4 Å². The fourth-order valence-corrected chi connectivity index (χ4v) is 6.92. The summed E-state index contributed by atoms with van der Waals surface area (Å²) in [7, 11) is 0. The number of aliphatic hydroxyl groups excluding tert-OH is 1. The maximum Gasteiger partial charge on any atom is 0.416 e. The number of amides is 1. The summed E-state index contributed by atoms with van der Waals surface area (Å²) in [6.07, 6.45) is -1.61. The molecule has 1 aliphatic rings. The van der Waals surface area contributed by atoms with E-state index in [1.54, 1.807) is 41.7 Å². The number of ketones is 1. The van der Waals surface area contributed by atoms with Crippen LogP contribution in [0.3, 0.4) is 0 Å². The molecule has 0 spiro atoms. The smallest absolute Gasteiger partial charge is 0.393 e. The zero-order chi connectivity index (χ0) is 31.1. The largest absolute Gasteiger partial charge is 0.416 e. The Labute approximate surface area is 260 Å². The summed E-state index contributed by atoms with van der Waals surface area (Å²) < 4.78 is 39.4. The van der Waals surface area contributed by atoms with Crippen LogP contribution in [0.1, 0.15) is 80.4 Å². The minimum atomic E-state index is -4.40. The monoisotopic (exact) mass is 619 g/mol. The number of aliphatic hydroxyl groups is 1. The molecule has 0 radical (unpaired) electrons. The summed E-state index contributed by atoms with van der Waals surface area (Å²) in [5, 5.41) is 13.3. The van der Waals surface area contributed by atoms with Gasteiger partial charge >= 0.3 is 6.18 Å². The van der Waals surface area contributed by atoms with Gasteiger partial charge in [-0.3, -0.25) is 9.59 Å². The van der Waals surface area contributed by atoms with Crippen LogP contribution < -0.4 is 0 Å². The molecule has 4 nitrogen and oxygen atoms in total. The van der Waals surface area contributed by atoms with Crippen molar-refractivity contribution in [1.82, 2.24) is 4.90 Å². The molecule has 4 aromatic rings. The Morgan fingerprint density at radius 3 is 2.41 bits per heavy atom. The van der Waals surface area contributed by atoms with Crippen LogP contribution >= 0.6 is 11.3 Å². The molecule has 3 atom stereocenters. The molecule has 44 heavy (non-hydrogen) atoms. The maximum absolute atomic E-state index is 13.6. The van der Waals surface area contributed by atoms with Gasteiger partial charge in [0.2, 0.25) is 0 Å². The molecule has 1 saturated heterocycles. The van der Waals surface area contributed by atoms with E-state index in [1.165, 1.54) is 6.07 Å². The number of thiophene rings is 1. The molecule has 0 saturated carbocycles. The summed E-state index contributed by atoms with van der Waals surface area (Å²) in [6, 6.07) is 25.8. The SMILES string of the molecule is O=C(C[C@@H](Cc1ccccc1)[C@H](O)CCCc1cccc(C(F)(F)F)c1)c1cccc(C(=O)N2CCCC2c2cccs2)c1. The molecule has 1 fully saturated rings. The molecular weight excluding hydrogens is 583 g/mol. The highest BCUT2D eigenvalue weighted by atomic mass is 32.1. The van der Waals surface area contributed by atoms with Crippen LogP contribution in [0, 0.1) is 5.92 Å². The van der Waals surface area contributed by atoms with Gasteiger partial charge in [-0.15, -0.1) is 11.3 Å². The number of carbonyl (C=O) groups excluding carboxylic acids is 2. The van der Waals surface area contributed by atoms with Crippen LogP contribution in [0.15, 0.2) is 96.4 Å². The number of aryl methyl sites for hydroxylation is 1. The van der Waals surface area contributed by atoms with Crippen molar-refractivity contribution in [3.05, 3.63) is 129 Å². The Morgan fingerprint density at radius 1 is 0.909 bits per heavy atom. The van der Waals surface area contributed by atoms with Crippen LogP contribution in [0.5, 0.6) is 0 Å². The Bertz CT molecular complexity index is 1540. The van der Waals surface area contributed by atoms with Gasteiger partial charge in [-0.05, 0) is 85.2 Å². The van der Waals surface area contributed by atoms with E-state index in [-0.39, 0.29) is 24.2 Å². The average Bonchev–Trinajstić information content (AvgIpc) is 3.73. The van der Waals surface area contributed by atoms with E-state index >= 15 is 0 Å². The highest BCUT2D eigenvalue weighted by molar-refractivity contribution is 7.10. The van der Waals surface area contributed by atoms with E-state index in [4.69, 9.17) is 0 Å². The number of carbonyl (C=O) groups is 2. The lowest BCUT2D eigenvalue weighted by Gasteiger charge is -2.24. The highest BCUT2D eigenvalue weighted by Gasteiger charge is 2.32. The molecule has 1 amide bonds. The number of hydrogen-bond acceptors (Lipinski definition) is 4. The molecule has 1 unspecified atom stereocenters. The Hall–Kier alpha value is -3.75. The van der Waals surface area contributed by atoms with E-state index in [0.29, 0.717) is 48.9 Å². The first kappa shape index (κ1) is 31.7. The molecule has 1 aliphatic heterocycles. The van der Waals surface area contributed by atoms with Crippen molar-refractivity contribution in [2.45, 2.75) is 63.3 Å². The van der Waals surface area contributed by atoms with E-state index in [9.17, 15) is 27.9 Å². The third-order valence-electron chi connectivity index (χ3n) is 8.37.